The van der Waals surface area contributed by atoms with Crippen LogP contribution in [0.2, 0.25) is 0 Å². The first-order chi connectivity index (χ1) is 14.2. The smallest absolute Gasteiger partial charge is 0.196 e. The predicted molar refractivity (Wildman–Crippen MR) is 119 cm³/mol. The van der Waals surface area contributed by atoms with Crippen molar-refractivity contribution < 1.29 is 4.74 Å². The molecule has 0 unspecified atom stereocenters. The van der Waals surface area contributed by atoms with Crippen LogP contribution >= 0.6 is 11.8 Å². The minimum Gasteiger partial charge on any atom is -0.493 e. The van der Waals surface area contributed by atoms with Crippen LogP contribution in [0.25, 0.3) is 17.1 Å². The van der Waals surface area contributed by atoms with Gasteiger partial charge in [-0.2, -0.15) is 0 Å². The third-order valence-electron chi connectivity index (χ3n) is 4.53. The van der Waals surface area contributed by atoms with Crippen molar-refractivity contribution in [3.63, 3.8) is 0 Å². The normalized spacial score (nSPS) is 10.8. The Hall–Kier alpha value is -3.05. The maximum atomic E-state index is 5.86. The zero-order valence-corrected chi connectivity index (χ0v) is 17.4. The highest BCUT2D eigenvalue weighted by atomic mass is 32.2. The fourth-order valence-corrected chi connectivity index (χ4v) is 3.84. The van der Waals surface area contributed by atoms with Crippen molar-refractivity contribution in [3.8, 4) is 22.8 Å². The molecule has 0 aliphatic carbocycles. The second kappa shape index (κ2) is 8.97. The number of hydrogen-bond donors (Lipinski definition) is 0. The van der Waals surface area contributed by atoms with E-state index in [9.17, 15) is 0 Å². The van der Waals surface area contributed by atoms with E-state index in [1.54, 1.807) is 11.8 Å². The van der Waals surface area contributed by atoms with Crippen molar-refractivity contribution in [1.82, 2.24) is 14.8 Å². The van der Waals surface area contributed by atoms with Crippen LogP contribution in [-0.2, 0) is 0 Å². The van der Waals surface area contributed by atoms with Crippen LogP contribution in [0.15, 0.2) is 84.0 Å². The van der Waals surface area contributed by atoms with Crippen LogP contribution in [-0.4, -0.2) is 27.1 Å². The molecule has 4 nitrogen and oxygen atoms in total. The highest BCUT2D eigenvalue weighted by molar-refractivity contribution is 7.99. The van der Waals surface area contributed by atoms with Crippen molar-refractivity contribution in [3.05, 3.63) is 90.0 Å². The van der Waals surface area contributed by atoms with E-state index in [4.69, 9.17) is 4.74 Å². The van der Waals surface area contributed by atoms with Gasteiger partial charge in [-0.1, -0.05) is 71.4 Å². The number of hydrogen-bond acceptors (Lipinski definition) is 4. The van der Waals surface area contributed by atoms with Crippen molar-refractivity contribution in [2.75, 3.05) is 12.4 Å². The summed E-state index contributed by atoms with van der Waals surface area (Å²) in [6.45, 7) is 4.77. The molecule has 0 radical (unpaired) electrons. The standard InChI is InChI=1S/C24H23N3OS/c1-18-11-13-22(14-12-18)28-15-16-29-24-26-25-23(20-8-6-7-19(2)17-20)27(24)21-9-4-3-5-10-21/h3-14,17H,15-16H2,1-2H3. The summed E-state index contributed by atoms with van der Waals surface area (Å²) in [6, 6.07) is 26.7. The van der Waals surface area contributed by atoms with Crippen LogP contribution in [0.4, 0.5) is 0 Å². The molecule has 0 N–H and O–H groups in total. The topological polar surface area (TPSA) is 39.9 Å². The van der Waals surface area contributed by atoms with E-state index in [2.05, 4.69) is 77.1 Å². The predicted octanol–water partition coefficient (Wildman–Crippen LogP) is 5.72. The van der Waals surface area contributed by atoms with Gasteiger partial charge >= 0.3 is 0 Å². The Bertz CT molecular complexity index is 1070. The lowest BCUT2D eigenvalue weighted by atomic mass is 10.1. The highest BCUT2D eigenvalue weighted by Gasteiger charge is 2.16. The molecular formula is C24H23N3OS. The molecule has 0 saturated carbocycles. The van der Waals surface area contributed by atoms with Gasteiger partial charge in [-0.05, 0) is 44.2 Å². The molecule has 0 atom stereocenters. The van der Waals surface area contributed by atoms with Gasteiger partial charge in [-0.3, -0.25) is 4.57 Å². The lowest BCUT2D eigenvalue weighted by Crippen LogP contribution is -2.03. The molecule has 0 bridgehead atoms. The Kier molecular flexibility index (Phi) is 5.96. The van der Waals surface area contributed by atoms with Gasteiger partial charge in [0.2, 0.25) is 0 Å². The van der Waals surface area contributed by atoms with E-state index in [0.717, 1.165) is 33.7 Å². The third kappa shape index (κ3) is 4.69. The van der Waals surface area contributed by atoms with E-state index in [-0.39, 0.29) is 0 Å². The number of benzene rings is 3. The van der Waals surface area contributed by atoms with Gasteiger partial charge in [0.1, 0.15) is 5.75 Å². The fourth-order valence-electron chi connectivity index (χ4n) is 3.07. The van der Waals surface area contributed by atoms with Crippen LogP contribution in [0.3, 0.4) is 0 Å². The minimum absolute atomic E-state index is 0.606. The molecule has 1 aromatic heterocycles. The summed E-state index contributed by atoms with van der Waals surface area (Å²) in [6.07, 6.45) is 0. The average molecular weight is 402 g/mol. The minimum atomic E-state index is 0.606. The molecule has 3 aromatic carbocycles. The van der Waals surface area contributed by atoms with E-state index in [1.807, 2.05) is 30.3 Å². The summed E-state index contributed by atoms with van der Waals surface area (Å²) in [7, 11) is 0. The lowest BCUT2D eigenvalue weighted by molar-refractivity contribution is 0.344. The maximum absolute atomic E-state index is 5.86. The van der Waals surface area contributed by atoms with Crippen molar-refractivity contribution >= 4 is 11.8 Å². The van der Waals surface area contributed by atoms with E-state index < -0.39 is 0 Å². The van der Waals surface area contributed by atoms with E-state index in [0.29, 0.717) is 6.61 Å². The number of rotatable bonds is 7. The van der Waals surface area contributed by atoms with Crippen LogP contribution in [0.1, 0.15) is 11.1 Å². The van der Waals surface area contributed by atoms with Crippen LogP contribution < -0.4 is 4.74 Å². The Morgan fingerprint density at radius 1 is 0.828 bits per heavy atom. The summed E-state index contributed by atoms with van der Waals surface area (Å²) in [5, 5.41) is 9.84. The Labute approximate surface area is 175 Å². The van der Waals surface area contributed by atoms with Gasteiger partial charge in [-0.15, -0.1) is 10.2 Å². The molecule has 5 heteroatoms. The fraction of sp³-hybridized carbons (Fsp3) is 0.167. The summed E-state index contributed by atoms with van der Waals surface area (Å²) >= 11 is 1.65. The zero-order valence-electron chi connectivity index (χ0n) is 16.6. The summed E-state index contributed by atoms with van der Waals surface area (Å²) in [4.78, 5) is 0. The first kappa shape index (κ1) is 19.3. The lowest BCUT2D eigenvalue weighted by Gasteiger charge is -2.11. The number of nitrogens with zero attached hydrogens (tertiary/aromatic N) is 3. The largest absolute Gasteiger partial charge is 0.493 e. The molecule has 4 aromatic rings. The van der Waals surface area contributed by atoms with Gasteiger partial charge in [0, 0.05) is 17.0 Å². The van der Waals surface area contributed by atoms with Crippen LogP contribution in [0, 0.1) is 13.8 Å². The second-order valence-electron chi connectivity index (χ2n) is 6.86. The monoisotopic (exact) mass is 401 g/mol. The molecule has 0 fully saturated rings. The van der Waals surface area contributed by atoms with Gasteiger partial charge in [0.05, 0.1) is 6.61 Å². The van der Waals surface area contributed by atoms with Gasteiger partial charge in [0.25, 0.3) is 0 Å². The first-order valence-corrected chi connectivity index (χ1v) is 10.6. The maximum Gasteiger partial charge on any atom is 0.196 e. The van der Waals surface area contributed by atoms with Crippen molar-refractivity contribution in [2.24, 2.45) is 0 Å². The molecule has 4 rings (SSSR count). The summed E-state index contributed by atoms with van der Waals surface area (Å²) in [5.74, 6) is 2.52. The van der Waals surface area contributed by atoms with Gasteiger partial charge in [-0.25, -0.2) is 0 Å². The van der Waals surface area contributed by atoms with Crippen LogP contribution in [0.5, 0.6) is 5.75 Å². The molecule has 0 aliphatic heterocycles. The Morgan fingerprint density at radius 2 is 1.62 bits per heavy atom. The summed E-state index contributed by atoms with van der Waals surface area (Å²) in [5.41, 5.74) is 4.54. The Balaban J connectivity index is 1.54. The molecule has 0 amide bonds. The first-order valence-electron chi connectivity index (χ1n) is 9.61. The summed E-state index contributed by atoms with van der Waals surface area (Å²) < 4.78 is 7.97. The SMILES string of the molecule is Cc1ccc(OCCSc2nnc(-c3cccc(C)c3)n2-c2ccccc2)cc1. The number of ether oxygens (including phenoxy) is 1. The van der Waals surface area contributed by atoms with E-state index in [1.165, 1.54) is 11.1 Å². The van der Waals surface area contributed by atoms with Crippen molar-refractivity contribution in [1.29, 1.82) is 0 Å². The molecule has 0 aliphatic rings. The van der Waals surface area contributed by atoms with Gasteiger partial charge in [0.15, 0.2) is 11.0 Å². The zero-order chi connectivity index (χ0) is 20.1. The second-order valence-corrected chi connectivity index (χ2v) is 7.92. The van der Waals surface area contributed by atoms with Gasteiger partial charge < -0.3 is 4.74 Å². The molecule has 146 valence electrons. The number of aromatic nitrogens is 3. The number of aryl methyl sites for hydroxylation is 2. The highest BCUT2D eigenvalue weighted by Crippen LogP contribution is 2.28. The number of thioether (sulfide) groups is 1. The molecular weight excluding hydrogens is 378 g/mol. The van der Waals surface area contributed by atoms with E-state index >= 15 is 0 Å². The average Bonchev–Trinajstić information content (AvgIpc) is 3.17. The Morgan fingerprint density at radius 3 is 2.38 bits per heavy atom. The van der Waals surface area contributed by atoms with Crippen molar-refractivity contribution in [2.45, 2.75) is 19.0 Å². The quantitative estimate of drug-likeness (QED) is 0.293. The molecule has 1 heterocycles. The molecule has 29 heavy (non-hydrogen) atoms. The molecule has 0 saturated heterocycles. The molecule has 0 spiro atoms. The number of para-hydroxylation sites is 1. The third-order valence-corrected chi connectivity index (χ3v) is 5.42.